The highest BCUT2D eigenvalue weighted by atomic mass is 16.5. The Morgan fingerprint density at radius 1 is 0.956 bits per heavy atom. The minimum atomic E-state index is -0.470. The number of hydrogen-bond acceptors (Lipinski definition) is 8. The Hall–Kier alpha value is -5.75. The third-order valence-electron chi connectivity index (χ3n) is 7.20. The van der Waals surface area contributed by atoms with Crippen LogP contribution in [0.3, 0.4) is 0 Å². The van der Waals surface area contributed by atoms with Gasteiger partial charge in [-0.25, -0.2) is 19.4 Å². The number of aromatic nitrogens is 5. The average molecular weight is 606 g/mol. The van der Waals surface area contributed by atoms with Crippen LogP contribution in [0, 0.1) is 0 Å². The molecule has 3 aromatic heterocycles. The van der Waals surface area contributed by atoms with Gasteiger partial charge in [0.1, 0.15) is 22.8 Å². The summed E-state index contributed by atoms with van der Waals surface area (Å²) < 4.78 is 13.3. The molecule has 6 rings (SSSR count). The van der Waals surface area contributed by atoms with Gasteiger partial charge in [-0.2, -0.15) is 5.10 Å². The van der Waals surface area contributed by atoms with E-state index in [1.54, 1.807) is 35.0 Å². The first-order valence-electron chi connectivity index (χ1n) is 14.1. The number of aliphatic hydroxyl groups excluding tert-OH is 1. The van der Waals surface area contributed by atoms with Crippen molar-refractivity contribution in [2.24, 2.45) is 0 Å². The number of amides is 2. The number of nitrogens with zero attached hydrogens (tertiary/aromatic N) is 4. The molecule has 6 aromatic rings. The lowest BCUT2D eigenvalue weighted by Crippen LogP contribution is -2.21. The second kappa shape index (κ2) is 11.7. The summed E-state index contributed by atoms with van der Waals surface area (Å²) in [4.78, 5) is 36.2. The van der Waals surface area contributed by atoms with Crippen molar-refractivity contribution in [3.8, 4) is 22.9 Å². The Balaban J connectivity index is 1.31. The SMILES string of the molecule is COc1cc(-n2nc(C(C)(C)C)cc2NC(=O)Nc2ccc(Oc3ccnc4[nH]c(=O)cnc34)c3ccccc23)ccc1CO. The number of fused-ring (bicyclic) bond motifs is 2. The summed E-state index contributed by atoms with van der Waals surface area (Å²) in [5.41, 5.74) is 2.72. The van der Waals surface area contributed by atoms with Gasteiger partial charge in [-0.3, -0.25) is 10.1 Å². The molecule has 3 aromatic carbocycles. The van der Waals surface area contributed by atoms with Gasteiger partial charge in [0, 0.05) is 46.1 Å². The number of pyridine rings is 1. The standard InChI is InChI=1S/C33H31N7O5/c1-33(2,3)27-16-28(40(39-27)20-10-9-19(18-41)26(15-20)44-4)37-32(43)36-23-11-12-24(22-8-6-5-7-21(22)23)45-25-13-14-34-31-30(25)35-17-29(42)38-31/h5-17,41H,18H2,1-4H3,(H,34,38,42)(H2,36,37,43). The van der Waals surface area contributed by atoms with E-state index in [4.69, 9.17) is 14.6 Å². The van der Waals surface area contributed by atoms with Crippen LogP contribution in [-0.2, 0) is 12.0 Å². The summed E-state index contributed by atoms with van der Waals surface area (Å²) in [5, 5.41) is 21.8. The van der Waals surface area contributed by atoms with Crippen molar-refractivity contribution in [3.05, 3.63) is 101 Å². The molecule has 0 bridgehead atoms. The molecule has 0 saturated carbocycles. The Labute approximate surface area is 257 Å². The number of aliphatic hydroxyl groups is 1. The number of aromatic amines is 1. The van der Waals surface area contributed by atoms with Crippen LogP contribution in [0.2, 0.25) is 0 Å². The number of benzene rings is 3. The van der Waals surface area contributed by atoms with Crippen LogP contribution in [0.4, 0.5) is 16.3 Å². The summed E-state index contributed by atoms with van der Waals surface area (Å²) in [5.74, 6) is 1.92. The van der Waals surface area contributed by atoms with Gasteiger partial charge in [0.2, 0.25) is 0 Å². The molecule has 12 heteroatoms. The van der Waals surface area contributed by atoms with Gasteiger partial charge >= 0.3 is 6.03 Å². The van der Waals surface area contributed by atoms with Crippen LogP contribution in [0.25, 0.3) is 27.6 Å². The molecule has 0 saturated heterocycles. The summed E-state index contributed by atoms with van der Waals surface area (Å²) in [6.45, 7) is 5.95. The van der Waals surface area contributed by atoms with Gasteiger partial charge in [-0.1, -0.05) is 51.1 Å². The number of nitrogens with one attached hydrogen (secondary N) is 3. The maximum atomic E-state index is 13.4. The topological polar surface area (TPSA) is 156 Å². The van der Waals surface area contributed by atoms with Crippen molar-refractivity contribution in [2.45, 2.75) is 32.8 Å². The number of rotatable bonds is 7. The number of H-pyrrole nitrogens is 1. The van der Waals surface area contributed by atoms with Crippen molar-refractivity contribution in [1.82, 2.24) is 24.7 Å². The van der Waals surface area contributed by atoms with Crippen LogP contribution in [0.1, 0.15) is 32.0 Å². The Kier molecular flexibility index (Phi) is 7.65. The molecule has 2 amide bonds. The Morgan fingerprint density at radius 3 is 2.51 bits per heavy atom. The largest absolute Gasteiger partial charge is 0.496 e. The fourth-order valence-electron chi connectivity index (χ4n) is 4.89. The number of urea groups is 1. The minimum absolute atomic E-state index is 0.169. The minimum Gasteiger partial charge on any atom is -0.496 e. The predicted molar refractivity (Wildman–Crippen MR) is 172 cm³/mol. The number of anilines is 2. The van der Waals surface area contributed by atoms with Crippen LogP contribution in [-0.4, -0.2) is 43.0 Å². The van der Waals surface area contributed by atoms with Crippen LogP contribution in [0.5, 0.6) is 17.2 Å². The van der Waals surface area contributed by atoms with E-state index in [-0.39, 0.29) is 17.6 Å². The summed E-state index contributed by atoms with van der Waals surface area (Å²) >= 11 is 0. The highest BCUT2D eigenvalue weighted by Gasteiger charge is 2.22. The van der Waals surface area contributed by atoms with Crippen molar-refractivity contribution in [2.75, 3.05) is 17.7 Å². The molecule has 0 atom stereocenters. The number of carbonyl (C=O) groups excluding carboxylic acids is 1. The third kappa shape index (κ3) is 5.91. The highest BCUT2D eigenvalue weighted by Crippen LogP contribution is 2.36. The zero-order valence-corrected chi connectivity index (χ0v) is 25.1. The highest BCUT2D eigenvalue weighted by molar-refractivity contribution is 6.07. The smallest absolute Gasteiger partial charge is 0.324 e. The summed E-state index contributed by atoms with van der Waals surface area (Å²) in [7, 11) is 1.54. The molecular formula is C33H31N7O5. The molecule has 0 aliphatic heterocycles. The van der Waals surface area contributed by atoms with E-state index in [0.29, 0.717) is 51.2 Å². The maximum absolute atomic E-state index is 13.4. The molecule has 0 aliphatic carbocycles. The maximum Gasteiger partial charge on any atom is 0.324 e. The molecule has 0 fully saturated rings. The molecule has 4 N–H and O–H groups in total. The molecule has 228 valence electrons. The molecule has 0 radical (unpaired) electrons. The van der Waals surface area contributed by atoms with Crippen molar-refractivity contribution < 1.29 is 19.4 Å². The van der Waals surface area contributed by atoms with E-state index < -0.39 is 6.03 Å². The third-order valence-corrected chi connectivity index (χ3v) is 7.20. The number of ether oxygens (including phenoxy) is 2. The predicted octanol–water partition coefficient (Wildman–Crippen LogP) is 5.89. The van der Waals surface area contributed by atoms with Gasteiger partial charge in [0.15, 0.2) is 11.4 Å². The quantitative estimate of drug-likeness (QED) is 0.175. The van der Waals surface area contributed by atoms with Gasteiger partial charge < -0.3 is 24.9 Å². The molecule has 0 aliphatic rings. The van der Waals surface area contributed by atoms with Gasteiger partial charge in [0.05, 0.1) is 37.0 Å². The molecular weight excluding hydrogens is 574 g/mol. The lowest BCUT2D eigenvalue weighted by molar-refractivity contribution is 0.262. The first kappa shape index (κ1) is 29.3. The summed E-state index contributed by atoms with van der Waals surface area (Å²) in [6, 6.07) is 19.4. The Morgan fingerprint density at radius 2 is 1.76 bits per heavy atom. The van der Waals surface area contributed by atoms with E-state index in [9.17, 15) is 14.7 Å². The van der Waals surface area contributed by atoms with Gasteiger partial charge in [-0.15, -0.1) is 0 Å². The number of methoxy groups -OCH3 is 1. The zero-order chi connectivity index (χ0) is 31.7. The molecule has 12 nitrogen and oxygen atoms in total. The normalized spacial score (nSPS) is 11.5. The van der Waals surface area contributed by atoms with E-state index in [1.165, 1.54) is 19.5 Å². The lowest BCUT2D eigenvalue weighted by Gasteiger charge is -2.15. The second-order valence-electron chi connectivity index (χ2n) is 11.3. The van der Waals surface area contributed by atoms with Crippen LogP contribution >= 0.6 is 0 Å². The van der Waals surface area contributed by atoms with E-state index in [0.717, 1.165) is 16.5 Å². The van der Waals surface area contributed by atoms with Gasteiger partial charge in [-0.05, 0) is 18.2 Å². The molecule has 0 unspecified atom stereocenters. The van der Waals surface area contributed by atoms with E-state index in [1.807, 2.05) is 57.2 Å². The van der Waals surface area contributed by atoms with E-state index in [2.05, 4.69) is 25.6 Å². The van der Waals surface area contributed by atoms with Crippen LogP contribution < -0.4 is 25.7 Å². The first-order chi connectivity index (χ1) is 21.6. The molecule has 3 heterocycles. The molecule has 0 spiro atoms. The lowest BCUT2D eigenvalue weighted by atomic mass is 9.92. The van der Waals surface area contributed by atoms with Crippen molar-refractivity contribution in [3.63, 3.8) is 0 Å². The van der Waals surface area contributed by atoms with E-state index >= 15 is 0 Å². The van der Waals surface area contributed by atoms with Gasteiger partial charge in [0.25, 0.3) is 5.56 Å². The second-order valence-corrected chi connectivity index (χ2v) is 11.3. The average Bonchev–Trinajstić information content (AvgIpc) is 3.46. The van der Waals surface area contributed by atoms with Crippen molar-refractivity contribution in [1.29, 1.82) is 0 Å². The fourth-order valence-corrected chi connectivity index (χ4v) is 4.89. The summed E-state index contributed by atoms with van der Waals surface area (Å²) in [6.07, 6.45) is 2.71. The zero-order valence-electron chi connectivity index (χ0n) is 25.1. The number of hydrogen-bond donors (Lipinski definition) is 4. The molecule has 45 heavy (non-hydrogen) atoms. The number of carbonyl (C=O) groups is 1. The van der Waals surface area contributed by atoms with Crippen molar-refractivity contribution >= 4 is 39.5 Å². The monoisotopic (exact) mass is 605 g/mol. The fraction of sp³-hybridized carbons (Fsp3) is 0.182. The first-order valence-corrected chi connectivity index (χ1v) is 14.1. The Bertz CT molecular complexity index is 2110. The van der Waals surface area contributed by atoms with Crippen LogP contribution in [0.15, 0.2) is 83.9 Å².